The average molecular weight is 183 g/mol. The highest BCUT2D eigenvalue weighted by atomic mass is 32.2. The third-order valence-corrected chi connectivity index (χ3v) is 2.39. The lowest BCUT2D eigenvalue weighted by atomic mass is 10.4. The van der Waals surface area contributed by atoms with Crippen molar-refractivity contribution < 1.29 is 17.7 Å². The molecule has 0 aliphatic carbocycles. The monoisotopic (exact) mass is 183 g/mol. The molecule has 1 unspecified atom stereocenters. The van der Waals surface area contributed by atoms with Crippen LogP contribution in [0.1, 0.15) is 0 Å². The number of nitrogens with one attached hydrogen (secondary N) is 1. The molecular formula is C5H13NO4S. The SMILES string of the molecule is CNCC(O)CS(=O)(=O)OC. The first-order chi connectivity index (χ1) is 5.02. The standard InChI is InChI=1S/C5H13NO4S/c1-6-3-5(7)4-11(8,9)10-2/h5-7H,3-4H2,1-2H3. The Kier molecular flexibility index (Phi) is 4.58. The van der Waals surface area contributed by atoms with Gasteiger partial charge in [0.1, 0.15) is 5.75 Å². The van der Waals surface area contributed by atoms with Crippen molar-refractivity contribution in [2.75, 3.05) is 26.5 Å². The van der Waals surface area contributed by atoms with Crippen LogP contribution in [0.4, 0.5) is 0 Å². The first kappa shape index (κ1) is 10.8. The maximum Gasteiger partial charge on any atom is 0.269 e. The van der Waals surface area contributed by atoms with Gasteiger partial charge < -0.3 is 10.4 Å². The van der Waals surface area contributed by atoms with Gasteiger partial charge in [0.2, 0.25) is 0 Å². The van der Waals surface area contributed by atoms with E-state index in [9.17, 15) is 8.42 Å². The maximum atomic E-state index is 10.7. The third-order valence-electron chi connectivity index (χ3n) is 1.09. The van der Waals surface area contributed by atoms with Crippen molar-refractivity contribution in [3.63, 3.8) is 0 Å². The molecule has 68 valence electrons. The van der Waals surface area contributed by atoms with Gasteiger partial charge in [-0.3, -0.25) is 4.18 Å². The minimum Gasteiger partial charge on any atom is -0.391 e. The van der Waals surface area contributed by atoms with Gasteiger partial charge in [0.05, 0.1) is 13.2 Å². The van der Waals surface area contributed by atoms with E-state index in [1.165, 1.54) is 0 Å². The summed E-state index contributed by atoms with van der Waals surface area (Å²) in [6, 6.07) is 0. The van der Waals surface area contributed by atoms with E-state index < -0.39 is 16.2 Å². The second-order valence-electron chi connectivity index (χ2n) is 2.10. The van der Waals surface area contributed by atoms with Gasteiger partial charge in [-0.1, -0.05) is 0 Å². The van der Waals surface area contributed by atoms with Gasteiger partial charge in [0.15, 0.2) is 0 Å². The summed E-state index contributed by atoms with van der Waals surface area (Å²) in [5.41, 5.74) is 0. The Hall–Kier alpha value is -0.170. The van der Waals surface area contributed by atoms with Crippen LogP contribution < -0.4 is 5.32 Å². The molecular weight excluding hydrogens is 170 g/mol. The number of aliphatic hydroxyl groups excluding tert-OH is 1. The number of rotatable bonds is 5. The maximum absolute atomic E-state index is 10.7. The van der Waals surface area contributed by atoms with Gasteiger partial charge in [-0.05, 0) is 7.05 Å². The van der Waals surface area contributed by atoms with Gasteiger partial charge >= 0.3 is 0 Å². The van der Waals surface area contributed by atoms with Crippen molar-refractivity contribution in [3.8, 4) is 0 Å². The average Bonchev–Trinajstić information content (AvgIpc) is 1.87. The van der Waals surface area contributed by atoms with Crippen molar-refractivity contribution in [2.45, 2.75) is 6.10 Å². The number of hydrogen-bond acceptors (Lipinski definition) is 5. The van der Waals surface area contributed by atoms with E-state index in [4.69, 9.17) is 5.11 Å². The molecule has 0 aliphatic heterocycles. The fraction of sp³-hybridized carbons (Fsp3) is 1.00. The molecule has 0 saturated heterocycles. The quantitative estimate of drug-likeness (QED) is 0.510. The van der Waals surface area contributed by atoms with Crippen LogP contribution in [0.2, 0.25) is 0 Å². The van der Waals surface area contributed by atoms with Crippen LogP contribution in [0.3, 0.4) is 0 Å². The van der Waals surface area contributed by atoms with Crippen molar-refractivity contribution in [3.05, 3.63) is 0 Å². The molecule has 0 aromatic rings. The molecule has 0 heterocycles. The summed E-state index contributed by atoms with van der Waals surface area (Å²) in [5, 5.41) is 11.6. The number of hydrogen-bond donors (Lipinski definition) is 2. The third kappa shape index (κ3) is 5.14. The first-order valence-corrected chi connectivity index (χ1v) is 4.70. The molecule has 0 saturated carbocycles. The Balaban J connectivity index is 3.84. The van der Waals surface area contributed by atoms with E-state index in [0.717, 1.165) is 7.11 Å². The highest BCUT2D eigenvalue weighted by Gasteiger charge is 2.15. The lowest BCUT2D eigenvalue weighted by molar-refractivity contribution is 0.193. The van der Waals surface area contributed by atoms with Crippen molar-refractivity contribution in [1.29, 1.82) is 0 Å². The Labute approximate surface area is 66.5 Å². The van der Waals surface area contributed by atoms with E-state index in [-0.39, 0.29) is 12.3 Å². The summed E-state index contributed by atoms with van der Waals surface area (Å²) in [5.74, 6) is -0.371. The van der Waals surface area contributed by atoms with E-state index >= 15 is 0 Å². The van der Waals surface area contributed by atoms with Gasteiger partial charge in [0.25, 0.3) is 10.1 Å². The predicted molar refractivity (Wildman–Crippen MR) is 40.7 cm³/mol. The molecule has 5 nitrogen and oxygen atoms in total. The molecule has 11 heavy (non-hydrogen) atoms. The zero-order valence-corrected chi connectivity index (χ0v) is 7.39. The molecule has 0 radical (unpaired) electrons. The molecule has 0 spiro atoms. The fourth-order valence-corrected chi connectivity index (χ4v) is 1.32. The zero-order chi connectivity index (χ0) is 8.91. The van der Waals surface area contributed by atoms with Crippen LogP contribution in [-0.2, 0) is 14.3 Å². The van der Waals surface area contributed by atoms with E-state index in [1.807, 2.05) is 0 Å². The Morgan fingerprint density at radius 2 is 2.18 bits per heavy atom. The highest BCUT2D eigenvalue weighted by molar-refractivity contribution is 7.86. The van der Waals surface area contributed by atoms with Gasteiger partial charge in [-0.15, -0.1) is 0 Å². The van der Waals surface area contributed by atoms with Gasteiger partial charge in [-0.2, -0.15) is 8.42 Å². The molecule has 0 fully saturated rings. The minimum atomic E-state index is -3.53. The van der Waals surface area contributed by atoms with Crippen LogP contribution in [0.5, 0.6) is 0 Å². The topological polar surface area (TPSA) is 75.6 Å². The second kappa shape index (κ2) is 4.66. The first-order valence-electron chi connectivity index (χ1n) is 3.13. The normalized spacial score (nSPS) is 14.8. The van der Waals surface area contributed by atoms with Crippen LogP contribution in [0, 0.1) is 0 Å². The summed E-state index contributed by atoms with van der Waals surface area (Å²) in [7, 11) is -0.832. The Morgan fingerprint density at radius 3 is 2.55 bits per heavy atom. The summed E-state index contributed by atoms with van der Waals surface area (Å²) in [6.07, 6.45) is -0.912. The fourth-order valence-electron chi connectivity index (χ4n) is 0.598. The molecule has 2 N–H and O–H groups in total. The van der Waals surface area contributed by atoms with E-state index in [1.54, 1.807) is 7.05 Å². The van der Waals surface area contributed by atoms with Gasteiger partial charge in [0, 0.05) is 6.54 Å². The van der Waals surface area contributed by atoms with E-state index in [0.29, 0.717) is 0 Å². The number of aliphatic hydroxyl groups is 1. The summed E-state index contributed by atoms with van der Waals surface area (Å²) < 4.78 is 25.5. The lowest BCUT2D eigenvalue weighted by Crippen LogP contribution is -2.30. The van der Waals surface area contributed by atoms with Crippen molar-refractivity contribution in [1.82, 2.24) is 5.32 Å². The van der Waals surface area contributed by atoms with E-state index in [2.05, 4.69) is 9.50 Å². The molecule has 0 aromatic carbocycles. The molecule has 1 atom stereocenters. The Bertz CT molecular complexity index is 189. The van der Waals surface area contributed by atoms with Gasteiger partial charge in [-0.25, -0.2) is 0 Å². The van der Waals surface area contributed by atoms with Crippen LogP contribution in [0.25, 0.3) is 0 Å². The van der Waals surface area contributed by atoms with Crippen molar-refractivity contribution >= 4 is 10.1 Å². The predicted octanol–water partition coefficient (Wildman–Crippen LogP) is -1.46. The minimum absolute atomic E-state index is 0.239. The van der Waals surface area contributed by atoms with Crippen LogP contribution in [0.15, 0.2) is 0 Å². The molecule has 0 aliphatic rings. The summed E-state index contributed by atoms with van der Waals surface area (Å²) in [6.45, 7) is 0.239. The zero-order valence-electron chi connectivity index (χ0n) is 6.57. The Morgan fingerprint density at radius 1 is 1.64 bits per heavy atom. The highest BCUT2D eigenvalue weighted by Crippen LogP contribution is 1.93. The number of likely N-dealkylation sites (N-methyl/N-ethyl adjacent to an activating group) is 1. The summed E-state index contributed by atoms with van der Waals surface area (Å²) >= 11 is 0. The van der Waals surface area contributed by atoms with Crippen LogP contribution >= 0.6 is 0 Å². The second-order valence-corrected chi connectivity index (χ2v) is 3.88. The molecule has 0 bridgehead atoms. The lowest BCUT2D eigenvalue weighted by Gasteiger charge is -2.08. The molecule has 6 heteroatoms. The van der Waals surface area contributed by atoms with Crippen molar-refractivity contribution in [2.24, 2.45) is 0 Å². The van der Waals surface area contributed by atoms with Crippen LogP contribution in [-0.4, -0.2) is 46.1 Å². The summed E-state index contributed by atoms with van der Waals surface area (Å²) in [4.78, 5) is 0. The molecule has 0 amide bonds. The molecule has 0 aromatic heterocycles. The largest absolute Gasteiger partial charge is 0.391 e. The molecule has 0 rings (SSSR count). The smallest absolute Gasteiger partial charge is 0.269 e.